The third-order valence-corrected chi connectivity index (χ3v) is 3.65. The molecule has 1 fully saturated rings. The molecule has 3 rings (SSSR count). The molecule has 0 radical (unpaired) electrons. The summed E-state index contributed by atoms with van der Waals surface area (Å²) in [5.74, 6) is 0.334. The van der Waals surface area contributed by atoms with Crippen LogP contribution >= 0.6 is 0 Å². The zero-order chi connectivity index (χ0) is 11.2. The van der Waals surface area contributed by atoms with E-state index in [1.54, 1.807) is 0 Å². The van der Waals surface area contributed by atoms with Crippen molar-refractivity contribution in [2.45, 2.75) is 24.8 Å². The molecule has 1 aliphatic carbocycles. The average molecular weight is 213 g/mol. The van der Waals surface area contributed by atoms with Gasteiger partial charge in [0.2, 0.25) is 0 Å². The largest absolute Gasteiger partial charge is 0.508 e. The molecule has 0 spiro atoms. The molecule has 0 bridgehead atoms. The van der Waals surface area contributed by atoms with E-state index >= 15 is 0 Å². The molecular weight excluding hydrogens is 198 g/mol. The number of phenols is 1. The number of phenolic OH excluding ortho intramolecular Hbond substituents is 1. The Kier molecular flexibility index (Phi) is 1.95. The predicted molar refractivity (Wildman–Crippen MR) is 65.3 cm³/mol. The molecule has 2 nitrogen and oxygen atoms in total. The van der Waals surface area contributed by atoms with E-state index in [0.717, 1.165) is 35.6 Å². The van der Waals surface area contributed by atoms with Crippen LogP contribution in [0.1, 0.15) is 24.8 Å². The number of benzene rings is 2. The van der Waals surface area contributed by atoms with Gasteiger partial charge < -0.3 is 10.8 Å². The van der Waals surface area contributed by atoms with Crippen LogP contribution in [0.25, 0.3) is 10.8 Å². The van der Waals surface area contributed by atoms with E-state index in [1.165, 1.54) is 0 Å². The summed E-state index contributed by atoms with van der Waals surface area (Å²) >= 11 is 0. The van der Waals surface area contributed by atoms with Gasteiger partial charge in [0, 0.05) is 11.1 Å². The molecule has 0 aromatic heterocycles. The lowest BCUT2D eigenvalue weighted by Gasteiger charge is -2.39. The Hall–Kier alpha value is -1.54. The first-order valence-electron chi connectivity index (χ1n) is 5.70. The molecule has 3 N–H and O–H groups in total. The molecule has 2 heteroatoms. The molecular formula is C14H15NO. The van der Waals surface area contributed by atoms with E-state index in [0.29, 0.717) is 5.75 Å². The molecule has 1 aliphatic rings. The minimum absolute atomic E-state index is 0.298. The van der Waals surface area contributed by atoms with Gasteiger partial charge in [0.15, 0.2) is 0 Å². The van der Waals surface area contributed by atoms with Crippen molar-refractivity contribution < 1.29 is 5.11 Å². The molecule has 0 amide bonds. The van der Waals surface area contributed by atoms with Crippen LogP contribution in [0.5, 0.6) is 5.75 Å². The van der Waals surface area contributed by atoms with E-state index in [9.17, 15) is 5.11 Å². The molecule has 0 atom stereocenters. The second-order valence-corrected chi connectivity index (χ2v) is 4.73. The average Bonchev–Trinajstić information content (AvgIpc) is 2.25. The molecule has 1 saturated carbocycles. The molecule has 16 heavy (non-hydrogen) atoms. The van der Waals surface area contributed by atoms with Gasteiger partial charge in [0.05, 0.1) is 0 Å². The van der Waals surface area contributed by atoms with Crippen LogP contribution in [0.15, 0.2) is 36.4 Å². The first kappa shape index (κ1) is 9.67. The molecule has 2 aromatic rings. The van der Waals surface area contributed by atoms with Gasteiger partial charge >= 0.3 is 0 Å². The van der Waals surface area contributed by atoms with E-state index in [-0.39, 0.29) is 5.54 Å². The smallest absolute Gasteiger partial charge is 0.121 e. The number of aromatic hydroxyl groups is 1. The first-order valence-corrected chi connectivity index (χ1v) is 5.70. The van der Waals surface area contributed by atoms with Crippen LogP contribution in [0, 0.1) is 0 Å². The van der Waals surface area contributed by atoms with Gasteiger partial charge in [-0.1, -0.05) is 24.3 Å². The van der Waals surface area contributed by atoms with Crippen LogP contribution in [0.4, 0.5) is 0 Å². The summed E-state index contributed by atoms with van der Waals surface area (Å²) in [5.41, 5.74) is 6.86. The fourth-order valence-corrected chi connectivity index (χ4v) is 2.45. The number of fused-ring (bicyclic) bond motifs is 1. The standard InChI is InChI=1S/C14H15NO/c15-14(6-3-7-14)12-8-10-4-1-2-5-11(10)9-13(12)16/h1-2,4-5,8-9,16H,3,6-7,15H2. The van der Waals surface area contributed by atoms with Crippen molar-refractivity contribution >= 4 is 10.8 Å². The Morgan fingerprint density at radius 2 is 1.69 bits per heavy atom. The number of nitrogens with two attached hydrogens (primary N) is 1. The minimum atomic E-state index is -0.298. The van der Waals surface area contributed by atoms with Crippen LogP contribution in [0.2, 0.25) is 0 Å². The fraction of sp³-hybridized carbons (Fsp3) is 0.286. The van der Waals surface area contributed by atoms with Crippen molar-refractivity contribution in [2.24, 2.45) is 5.73 Å². The molecule has 0 heterocycles. The van der Waals surface area contributed by atoms with E-state index in [2.05, 4.69) is 6.07 Å². The summed E-state index contributed by atoms with van der Waals surface area (Å²) in [4.78, 5) is 0. The quantitative estimate of drug-likeness (QED) is 0.765. The third kappa shape index (κ3) is 1.30. The maximum atomic E-state index is 10.0. The lowest BCUT2D eigenvalue weighted by Crippen LogP contribution is -2.43. The van der Waals surface area contributed by atoms with Gasteiger partial charge in [-0.2, -0.15) is 0 Å². The summed E-state index contributed by atoms with van der Waals surface area (Å²) in [6.45, 7) is 0. The van der Waals surface area contributed by atoms with Gasteiger partial charge in [-0.15, -0.1) is 0 Å². The van der Waals surface area contributed by atoms with Crippen LogP contribution in [-0.4, -0.2) is 5.11 Å². The summed E-state index contributed by atoms with van der Waals surface area (Å²) in [6, 6.07) is 11.9. The van der Waals surface area contributed by atoms with Crippen molar-refractivity contribution in [3.8, 4) is 5.75 Å². The zero-order valence-electron chi connectivity index (χ0n) is 9.11. The van der Waals surface area contributed by atoms with Gasteiger partial charge in [-0.3, -0.25) is 0 Å². The zero-order valence-corrected chi connectivity index (χ0v) is 9.11. The van der Waals surface area contributed by atoms with Crippen molar-refractivity contribution in [1.29, 1.82) is 0 Å². The van der Waals surface area contributed by atoms with E-state index in [1.807, 2.05) is 30.3 Å². The SMILES string of the molecule is NC1(c2cc3ccccc3cc2O)CCC1. The van der Waals surface area contributed by atoms with Gasteiger partial charge in [-0.25, -0.2) is 0 Å². The van der Waals surface area contributed by atoms with Crippen molar-refractivity contribution in [2.75, 3.05) is 0 Å². The number of hydrogen-bond donors (Lipinski definition) is 2. The highest BCUT2D eigenvalue weighted by Gasteiger charge is 2.36. The Bertz CT molecular complexity index is 543. The van der Waals surface area contributed by atoms with Crippen LogP contribution in [0.3, 0.4) is 0 Å². The predicted octanol–water partition coefficient (Wildman–Crippen LogP) is 2.88. The van der Waals surface area contributed by atoms with Crippen molar-refractivity contribution in [1.82, 2.24) is 0 Å². The van der Waals surface area contributed by atoms with Crippen molar-refractivity contribution in [3.63, 3.8) is 0 Å². The normalized spacial score (nSPS) is 18.3. The maximum absolute atomic E-state index is 10.0. The fourth-order valence-electron chi connectivity index (χ4n) is 2.45. The van der Waals surface area contributed by atoms with E-state index < -0.39 is 0 Å². The minimum Gasteiger partial charge on any atom is -0.508 e. The first-order chi connectivity index (χ1) is 7.69. The number of rotatable bonds is 1. The second kappa shape index (κ2) is 3.22. The Morgan fingerprint density at radius 3 is 2.25 bits per heavy atom. The number of hydrogen-bond acceptors (Lipinski definition) is 2. The Balaban J connectivity index is 2.21. The lowest BCUT2D eigenvalue weighted by molar-refractivity contribution is 0.246. The summed E-state index contributed by atoms with van der Waals surface area (Å²) in [6.07, 6.45) is 3.10. The van der Waals surface area contributed by atoms with Gasteiger partial charge in [0.1, 0.15) is 5.75 Å². The topological polar surface area (TPSA) is 46.2 Å². The lowest BCUT2D eigenvalue weighted by atomic mass is 9.72. The van der Waals surface area contributed by atoms with E-state index in [4.69, 9.17) is 5.73 Å². The highest BCUT2D eigenvalue weighted by Crippen LogP contribution is 2.43. The monoisotopic (exact) mass is 213 g/mol. The van der Waals surface area contributed by atoms with Crippen LogP contribution < -0.4 is 5.73 Å². The summed E-state index contributed by atoms with van der Waals surface area (Å²) < 4.78 is 0. The summed E-state index contributed by atoms with van der Waals surface area (Å²) in [7, 11) is 0. The van der Waals surface area contributed by atoms with Crippen molar-refractivity contribution in [3.05, 3.63) is 42.0 Å². The highest BCUT2D eigenvalue weighted by molar-refractivity contribution is 5.85. The Morgan fingerprint density at radius 1 is 1.06 bits per heavy atom. The van der Waals surface area contributed by atoms with Crippen LogP contribution in [-0.2, 0) is 5.54 Å². The second-order valence-electron chi connectivity index (χ2n) is 4.73. The summed E-state index contributed by atoms with van der Waals surface area (Å²) in [5, 5.41) is 12.2. The molecule has 82 valence electrons. The van der Waals surface area contributed by atoms with Gasteiger partial charge in [0.25, 0.3) is 0 Å². The molecule has 0 saturated heterocycles. The Labute approximate surface area is 94.7 Å². The molecule has 0 aliphatic heterocycles. The molecule has 0 unspecified atom stereocenters. The highest BCUT2D eigenvalue weighted by atomic mass is 16.3. The molecule has 2 aromatic carbocycles. The van der Waals surface area contributed by atoms with Gasteiger partial charge in [-0.05, 0) is 42.2 Å². The maximum Gasteiger partial charge on any atom is 0.121 e. The third-order valence-electron chi connectivity index (χ3n) is 3.65.